The van der Waals surface area contributed by atoms with Crippen LogP contribution in [0, 0.1) is 13.8 Å². The van der Waals surface area contributed by atoms with E-state index in [1.807, 2.05) is 0 Å². The normalized spacial score (nSPS) is 12.0. The van der Waals surface area contributed by atoms with Crippen LogP contribution in [-0.2, 0) is 10.0 Å². The second-order valence-electron chi connectivity index (χ2n) is 4.60. The Labute approximate surface area is 130 Å². The molecule has 0 aliphatic carbocycles. The van der Waals surface area contributed by atoms with E-state index >= 15 is 0 Å². The molecule has 0 spiro atoms. The fourth-order valence-electron chi connectivity index (χ4n) is 1.77. The molecule has 23 heavy (non-hydrogen) atoms. The Kier molecular flexibility index (Phi) is 4.46. The lowest BCUT2D eigenvalue weighted by atomic mass is 10.3. The monoisotopic (exact) mass is 347 g/mol. The highest BCUT2D eigenvalue weighted by molar-refractivity contribution is 7.92. The van der Waals surface area contributed by atoms with E-state index in [0.29, 0.717) is 11.4 Å². The fourth-order valence-corrected chi connectivity index (χ4v) is 2.72. The van der Waals surface area contributed by atoms with Gasteiger partial charge in [-0.2, -0.15) is 0 Å². The molecule has 6 nitrogen and oxygen atoms in total. The van der Waals surface area contributed by atoms with Gasteiger partial charge in [-0.15, -0.1) is 13.2 Å². The Hall–Kier alpha value is -2.36. The summed E-state index contributed by atoms with van der Waals surface area (Å²) < 4.78 is 66.4. The summed E-state index contributed by atoms with van der Waals surface area (Å²) in [7, 11) is -4.02. The topological polar surface area (TPSA) is 81.2 Å². The van der Waals surface area contributed by atoms with Crippen molar-refractivity contribution in [3.8, 4) is 5.75 Å². The number of aryl methyl sites for hydroxylation is 2. The summed E-state index contributed by atoms with van der Waals surface area (Å²) in [5, 5.41) is 0. The third-order valence-electron chi connectivity index (χ3n) is 2.58. The molecule has 124 valence electrons. The van der Waals surface area contributed by atoms with Crippen LogP contribution in [-0.4, -0.2) is 24.7 Å². The predicted molar refractivity (Wildman–Crippen MR) is 75.4 cm³/mol. The van der Waals surface area contributed by atoms with Crippen LogP contribution >= 0.6 is 0 Å². The molecule has 10 heteroatoms. The van der Waals surface area contributed by atoms with Crippen LogP contribution in [0.15, 0.2) is 35.2 Å². The van der Waals surface area contributed by atoms with Gasteiger partial charge in [-0.1, -0.05) is 0 Å². The van der Waals surface area contributed by atoms with E-state index < -0.39 is 22.1 Å². The molecule has 0 radical (unpaired) electrons. The molecule has 1 aromatic carbocycles. The molecule has 0 aliphatic heterocycles. The van der Waals surface area contributed by atoms with Gasteiger partial charge in [-0.25, -0.2) is 23.1 Å². The van der Waals surface area contributed by atoms with Gasteiger partial charge in [0.2, 0.25) is 5.95 Å². The molecule has 1 N–H and O–H groups in total. The van der Waals surface area contributed by atoms with E-state index in [0.717, 1.165) is 24.3 Å². The van der Waals surface area contributed by atoms with Crippen molar-refractivity contribution >= 4 is 16.0 Å². The molecular weight excluding hydrogens is 335 g/mol. The molecule has 0 saturated carbocycles. The van der Waals surface area contributed by atoms with Crippen molar-refractivity contribution < 1.29 is 26.3 Å². The average molecular weight is 347 g/mol. The van der Waals surface area contributed by atoms with Crippen molar-refractivity contribution in [2.45, 2.75) is 25.1 Å². The number of rotatable bonds is 4. The standard InChI is InChI=1S/C13H12F3N3O3S/c1-8-7-9(2)18-12(17-8)19-23(20,21)11-5-3-10(4-6-11)22-13(14,15)16/h3-7H,1-2H3,(H,17,18,19). The fraction of sp³-hybridized carbons (Fsp3) is 0.231. The summed E-state index contributed by atoms with van der Waals surface area (Å²) in [5.74, 6) is -0.628. The summed E-state index contributed by atoms with van der Waals surface area (Å²) in [4.78, 5) is 7.63. The van der Waals surface area contributed by atoms with Crippen LogP contribution in [0.3, 0.4) is 0 Å². The van der Waals surface area contributed by atoms with Crippen LogP contribution in [0.5, 0.6) is 5.75 Å². The maximum atomic E-state index is 12.2. The SMILES string of the molecule is Cc1cc(C)nc(NS(=O)(=O)c2ccc(OC(F)(F)F)cc2)n1. The number of benzene rings is 1. The van der Waals surface area contributed by atoms with Crippen molar-refractivity contribution in [3.63, 3.8) is 0 Å². The Morgan fingerprint density at radius 1 is 1.04 bits per heavy atom. The van der Waals surface area contributed by atoms with E-state index in [-0.39, 0.29) is 10.8 Å². The molecular formula is C13H12F3N3O3S. The first-order chi connectivity index (χ1) is 10.5. The number of aromatic nitrogens is 2. The summed E-state index contributed by atoms with van der Waals surface area (Å²) >= 11 is 0. The Morgan fingerprint density at radius 3 is 2.04 bits per heavy atom. The minimum atomic E-state index is -4.84. The average Bonchev–Trinajstić information content (AvgIpc) is 2.35. The maximum Gasteiger partial charge on any atom is 0.573 e. The third-order valence-corrected chi connectivity index (χ3v) is 3.92. The number of halogens is 3. The quantitative estimate of drug-likeness (QED) is 0.920. The lowest BCUT2D eigenvalue weighted by molar-refractivity contribution is -0.274. The second kappa shape index (κ2) is 6.03. The van der Waals surface area contributed by atoms with E-state index in [1.165, 1.54) is 0 Å². The van der Waals surface area contributed by atoms with Gasteiger partial charge in [0.15, 0.2) is 0 Å². The molecule has 0 bridgehead atoms. The number of hydrogen-bond acceptors (Lipinski definition) is 5. The Bertz CT molecular complexity index is 785. The van der Waals surface area contributed by atoms with Gasteiger partial charge in [-0.05, 0) is 44.2 Å². The first kappa shape index (κ1) is 17.0. The molecule has 1 aromatic heterocycles. The van der Waals surface area contributed by atoms with Crippen molar-refractivity contribution in [3.05, 3.63) is 41.7 Å². The van der Waals surface area contributed by atoms with Crippen LogP contribution < -0.4 is 9.46 Å². The predicted octanol–water partition coefficient (Wildman–Crippen LogP) is 2.79. The van der Waals surface area contributed by atoms with Crippen molar-refractivity contribution in [2.24, 2.45) is 0 Å². The van der Waals surface area contributed by atoms with Gasteiger partial charge in [-0.3, -0.25) is 0 Å². The number of anilines is 1. The van der Waals surface area contributed by atoms with E-state index in [4.69, 9.17) is 0 Å². The molecule has 0 aliphatic rings. The molecule has 2 rings (SSSR count). The van der Waals surface area contributed by atoms with Gasteiger partial charge >= 0.3 is 6.36 Å². The summed E-state index contributed by atoms with van der Waals surface area (Å²) in [6, 6.07) is 5.47. The van der Waals surface area contributed by atoms with Gasteiger partial charge in [0.25, 0.3) is 10.0 Å². The first-order valence-corrected chi connectivity index (χ1v) is 7.74. The van der Waals surface area contributed by atoms with Gasteiger partial charge in [0.1, 0.15) is 5.75 Å². The lowest BCUT2D eigenvalue weighted by Gasteiger charge is -2.10. The highest BCUT2D eigenvalue weighted by atomic mass is 32.2. The second-order valence-corrected chi connectivity index (χ2v) is 6.28. The van der Waals surface area contributed by atoms with Crippen LogP contribution in [0.25, 0.3) is 0 Å². The lowest BCUT2D eigenvalue weighted by Crippen LogP contribution is -2.18. The van der Waals surface area contributed by atoms with E-state index in [1.54, 1.807) is 19.9 Å². The minimum Gasteiger partial charge on any atom is -0.406 e. The zero-order chi connectivity index (χ0) is 17.3. The zero-order valence-corrected chi connectivity index (χ0v) is 12.9. The summed E-state index contributed by atoms with van der Waals surface area (Å²) in [6.45, 7) is 3.35. The molecule has 0 unspecified atom stereocenters. The molecule has 0 fully saturated rings. The molecule has 1 heterocycles. The summed E-state index contributed by atoms with van der Waals surface area (Å²) in [5.41, 5.74) is 1.15. The molecule has 0 atom stereocenters. The number of alkyl halides is 3. The van der Waals surface area contributed by atoms with Crippen LogP contribution in [0.2, 0.25) is 0 Å². The number of sulfonamides is 1. The minimum absolute atomic E-state index is 0.113. The number of nitrogens with one attached hydrogen (secondary N) is 1. The highest BCUT2D eigenvalue weighted by Crippen LogP contribution is 2.24. The number of hydrogen-bond donors (Lipinski definition) is 1. The maximum absolute atomic E-state index is 12.2. The van der Waals surface area contributed by atoms with Gasteiger partial charge in [0.05, 0.1) is 4.90 Å². The van der Waals surface area contributed by atoms with Gasteiger partial charge in [0, 0.05) is 11.4 Å². The smallest absolute Gasteiger partial charge is 0.406 e. The highest BCUT2D eigenvalue weighted by Gasteiger charge is 2.31. The van der Waals surface area contributed by atoms with Crippen molar-refractivity contribution in [1.82, 2.24) is 9.97 Å². The van der Waals surface area contributed by atoms with Crippen molar-refractivity contribution in [2.75, 3.05) is 4.72 Å². The molecule has 2 aromatic rings. The van der Waals surface area contributed by atoms with Crippen LogP contribution in [0.1, 0.15) is 11.4 Å². The van der Waals surface area contributed by atoms with Gasteiger partial charge < -0.3 is 4.74 Å². The molecule has 0 amide bonds. The van der Waals surface area contributed by atoms with Crippen LogP contribution in [0.4, 0.5) is 19.1 Å². The van der Waals surface area contributed by atoms with E-state index in [2.05, 4.69) is 19.4 Å². The number of nitrogens with zero attached hydrogens (tertiary/aromatic N) is 2. The largest absolute Gasteiger partial charge is 0.573 e. The van der Waals surface area contributed by atoms with E-state index in [9.17, 15) is 21.6 Å². The molecule has 0 saturated heterocycles. The zero-order valence-electron chi connectivity index (χ0n) is 12.0. The Balaban J connectivity index is 2.22. The first-order valence-electron chi connectivity index (χ1n) is 6.26. The number of ether oxygens (including phenoxy) is 1. The Morgan fingerprint density at radius 2 is 1.57 bits per heavy atom. The van der Waals surface area contributed by atoms with Crippen molar-refractivity contribution in [1.29, 1.82) is 0 Å². The third kappa shape index (κ3) is 4.81. The summed E-state index contributed by atoms with van der Waals surface area (Å²) in [6.07, 6.45) is -4.84.